The number of hydrogen-bond donors (Lipinski definition) is 0. The molecule has 1 aliphatic rings. The van der Waals surface area contributed by atoms with Gasteiger partial charge in [-0.25, -0.2) is 12.8 Å². The topological polar surface area (TPSA) is 66.9 Å². The largest absolute Gasteiger partial charge is 0.491 e. The van der Waals surface area contributed by atoms with Gasteiger partial charge in [0.05, 0.1) is 17.5 Å². The van der Waals surface area contributed by atoms with Crippen LogP contribution in [0.15, 0.2) is 64.9 Å². The molecule has 0 unspecified atom stereocenters. The van der Waals surface area contributed by atoms with E-state index in [2.05, 4.69) is 0 Å². The minimum Gasteiger partial charge on any atom is -0.491 e. The van der Waals surface area contributed by atoms with Crippen LogP contribution in [0.4, 0.5) is 4.39 Å². The average molecular weight is 517 g/mol. The van der Waals surface area contributed by atoms with Crippen LogP contribution in [0.3, 0.4) is 0 Å². The van der Waals surface area contributed by atoms with Crippen LogP contribution >= 0.6 is 11.3 Å². The Morgan fingerprint density at radius 2 is 1.97 bits per heavy atom. The third kappa shape index (κ3) is 5.74. The van der Waals surface area contributed by atoms with E-state index >= 15 is 0 Å². The van der Waals surface area contributed by atoms with E-state index in [4.69, 9.17) is 4.74 Å². The minimum absolute atomic E-state index is 0.150. The highest BCUT2D eigenvalue weighted by Gasteiger charge is 2.35. The summed E-state index contributed by atoms with van der Waals surface area (Å²) >= 11 is 1.63. The molecule has 9 heteroatoms. The number of carbonyl (C=O) groups is 1. The lowest BCUT2D eigenvalue weighted by Gasteiger charge is -2.37. The molecule has 0 spiro atoms. The number of halogens is 1. The van der Waals surface area contributed by atoms with Gasteiger partial charge in [0.15, 0.2) is 0 Å². The molecule has 0 bridgehead atoms. The number of ether oxygens (including phenoxy) is 1. The summed E-state index contributed by atoms with van der Waals surface area (Å²) in [5.74, 6) is -0.292. The zero-order chi connectivity index (χ0) is 25.0. The number of amides is 1. The molecular formula is C26H29FN2O4S2. The summed E-state index contributed by atoms with van der Waals surface area (Å²) in [6, 6.07) is 14.1. The van der Waals surface area contributed by atoms with Crippen LogP contribution in [-0.4, -0.2) is 49.8 Å². The fourth-order valence-corrected chi connectivity index (χ4v) is 6.65. The van der Waals surface area contributed by atoms with Crippen molar-refractivity contribution in [1.29, 1.82) is 0 Å². The van der Waals surface area contributed by atoms with Gasteiger partial charge in [-0.2, -0.15) is 4.31 Å². The first-order valence-corrected chi connectivity index (χ1v) is 13.9. The van der Waals surface area contributed by atoms with Crippen LogP contribution in [0, 0.1) is 12.7 Å². The van der Waals surface area contributed by atoms with Gasteiger partial charge >= 0.3 is 0 Å². The molecule has 0 saturated heterocycles. The van der Waals surface area contributed by atoms with Gasteiger partial charge in [-0.05, 0) is 61.0 Å². The third-order valence-electron chi connectivity index (χ3n) is 6.06. The van der Waals surface area contributed by atoms with Gasteiger partial charge in [0.2, 0.25) is 15.9 Å². The Bertz CT molecular complexity index is 1270. The van der Waals surface area contributed by atoms with Crippen LogP contribution < -0.4 is 4.74 Å². The highest BCUT2D eigenvalue weighted by Crippen LogP contribution is 2.34. The summed E-state index contributed by atoms with van der Waals surface area (Å²) in [6.07, 6.45) is 1.28. The number of nitrogens with zero attached hydrogens (tertiary/aromatic N) is 2. The third-order valence-corrected chi connectivity index (χ3v) is 8.92. The lowest BCUT2D eigenvalue weighted by Crippen LogP contribution is -2.48. The normalized spacial score (nSPS) is 15.8. The lowest BCUT2D eigenvalue weighted by atomic mass is 10.0. The fraction of sp³-hybridized carbons (Fsp3) is 0.346. The molecule has 3 aromatic rings. The molecule has 1 aliphatic heterocycles. The monoisotopic (exact) mass is 516 g/mol. The molecular weight excluding hydrogens is 487 g/mol. The Hall–Kier alpha value is -2.75. The van der Waals surface area contributed by atoms with E-state index in [1.807, 2.05) is 25.3 Å². The summed E-state index contributed by atoms with van der Waals surface area (Å²) in [6.45, 7) is 4.39. The quantitative estimate of drug-likeness (QED) is 0.410. The maximum Gasteiger partial charge on any atom is 0.243 e. The average Bonchev–Trinajstić information content (AvgIpc) is 3.31. The van der Waals surface area contributed by atoms with Crippen molar-refractivity contribution in [2.45, 2.75) is 37.6 Å². The smallest absolute Gasteiger partial charge is 0.243 e. The number of fused-ring (bicyclic) bond motifs is 1. The molecule has 0 aliphatic carbocycles. The Balaban J connectivity index is 1.56. The van der Waals surface area contributed by atoms with E-state index in [0.717, 1.165) is 11.1 Å². The lowest BCUT2D eigenvalue weighted by molar-refractivity contribution is -0.135. The number of carbonyl (C=O) groups excluding carboxylic acids is 1. The molecule has 1 amide bonds. The van der Waals surface area contributed by atoms with Gasteiger partial charge in [-0.15, -0.1) is 11.3 Å². The number of hydrogen-bond acceptors (Lipinski definition) is 5. The number of sulfonamides is 1. The summed E-state index contributed by atoms with van der Waals surface area (Å²) in [5.41, 5.74) is 1.96. The van der Waals surface area contributed by atoms with Crippen molar-refractivity contribution in [3.8, 4) is 5.75 Å². The van der Waals surface area contributed by atoms with Gasteiger partial charge < -0.3 is 9.64 Å². The van der Waals surface area contributed by atoms with E-state index in [9.17, 15) is 17.6 Å². The number of aryl methyl sites for hydroxylation is 1. The Labute approximate surface area is 210 Å². The Kier molecular flexibility index (Phi) is 7.88. The second-order valence-electron chi connectivity index (χ2n) is 8.57. The summed E-state index contributed by atoms with van der Waals surface area (Å²) in [7, 11) is -3.83. The van der Waals surface area contributed by atoms with Crippen molar-refractivity contribution >= 4 is 27.3 Å². The zero-order valence-electron chi connectivity index (χ0n) is 19.8. The molecule has 0 saturated carbocycles. The van der Waals surface area contributed by atoms with Gasteiger partial charge in [0.25, 0.3) is 0 Å². The minimum atomic E-state index is -3.83. The molecule has 1 atom stereocenters. The Morgan fingerprint density at radius 1 is 1.20 bits per heavy atom. The van der Waals surface area contributed by atoms with Gasteiger partial charge in [-0.3, -0.25) is 4.79 Å². The first kappa shape index (κ1) is 25.3. The second kappa shape index (κ2) is 10.9. The predicted octanol–water partition coefficient (Wildman–Crippen LogP) is 4.80. The van der Waals surface area contributed by atoms with Gasteiger partial charge in [0.1, 0.15) is 18.2 Å². The Morgan fingerprint density at radius 3 is 2.69 bits per heavy atom. The van der Waals surface area contributed by atoms with Crippen LogP contribution in [-0.2, 0) is 21.2 Å². The molecule has 6 nitrogen and oxygen atoms in total. The molecule has 1 aromatic heterocycles. The molecule has 0 fully saturated rings. The van der Waals surface area contributed by atoms with Crippen molar-refractivity contribution in [2.24, 2.45) is 0 Å². The first-order valence-electron chi connectivity index (χ1n) is 11.6. The molecule has 2 aromatic carbocycles. The van der Waals surface area contributed by atoms with E-state index < -0.39 is 15.8 Å². The first-order chi connectivity index (χ1) is 16.8. The summed E-state index contributed by atoms with van der Waals surface area (Å²) in [5, 5.41) is 1.99. The predicted molar refractivity (Wildman–Crippen MR) is 135 cm³/mol. The molecule has 4 rings (SSSR count). The number of rotatable bonds is 9. The maximum atomic E-state index is 13.6. The molecule has 0 N–H and O–H groups in total. The fourth-order valence-electron chi connectivity index (χ4n) is 4.24. The van der Waals surface area contributed by atoms with Gasteiger partial charge in [0, 0.05) is 24.0 Å². The SMILES string of the molecule is CCCN(CC(=O)N1CCc2sccc2[C@@H]1COc1cccc(F)c1)S(=O)(=O)c1ccc(C)cc1. The van der Waals surface area contributed by atoms with Crippen LogP contribution in [0.25, 0.3) is 0 Å². The molecule has 2 heterocycles. The number of benzene rings is 2. The second-order valence-corrected chi connectivity index (χ2v) is 11.5. The van der Waals surface area contributed by atoms with Crippen LogP contribution in [0.2, 0.25) is 0 Å². The molecule has 0 radical (unpaired) electrons. The highest BCUT2D eigenvalue weighted by molar-refractivity contribution is 7.89. The zero-order valence-corrected chi connectivity index (χ0v) is 21.4. The van der Waals surface area contributed by atoms with Gasteiger partial charge in [-0.1, -0.05) is 30.7 Å². The van der Waals surface area contributed by atoms with E-state index in [1.165, 1.54) is 21.3 Å². The highest BCUT2D eigenvalue weighted by atomic mass is 32.2. The molecule has 35 heavy (non-hydrogen) atoms. The van der Waals surface area contributed by atoms with Crippen LogP contribution in [0.1, 0.15) is 35.4 Å². The van der Waals surface area contributed by atoms with Crippen molar-refractivity contribution in [3.05, 3.63) is 81.8 Å². The van der Waals surface area contributed by atoms with Crippen molar-refractivity contribution in [1.82, 2.24) is 9.21 Å². The summed E-state index contributed by atoms with van der Waals surface area (Å²) < 4.78 is 47.4. The van der Waals surface area contributed by atoms with Crippen molar-refractivity contribution in [3.63, 3.8) is 0 Å². The van der Waals surface area contributed by atoms with Crippen LogP contribution in [0.5, 0.6) is 5.75 Å². The van der Waals surface area contributed by atoms with E-state index in [-0.39, 0.29) is 36.5 Å². The maximum absolute atomic E-state index is 13.6. The summed E-state index contributed by atoms with van der Waals surface area (Å²) in [4.78, 5) is 16.6. The van der Waals surface area contributed by atoms with Crippen molar-refractivity contribution in [2.75, 3.05) is 26.2 Å². The number of thiophene rings is 1. The molecule has 186 valence electrons. The van der Waals surface area contributed by atoms with E-state index in [1.54, 1.807) is 52.6 Å². The van der Waals surface area contributed by atoms with Crippen molar-refractivity contribution < 1.29 is 22.3 Å². The standard InChI is InChI=1S/C26H29FN2O4S2/c1-3-13-28(35(31,32)22-9-7-19(2)8-10-22)17-26(30)29-14-11-25-23(12-15-34-25)24(29)18-33-21-6-4-5-20(27)16-21/h4-10,12,15-16,24H,3,11,13-14,17-18H2,1-2H3/t24-/m0/s1. The van der Waals surface area contributed by atoms with E-state index in [0.29, 0.717) is 25.1 Å².